The molecule has 0 unspecified atom stereocenters. The lowest BCUT2D eigenvalue weighted by Gasteiger charge is -2.22. The largest absolute Gasteiger partial charge is 0.505 e. The number of phenolic OH excluding ortho intramolecular Hbond substituents is 1. The number of ether oxygens (including phenoxy) is 2. The molecule has 0 radical (unpaired) electrons. The van der Waals surface area contributed by atoms with E-state index in [2.05, 4.69) is 15.3 Å². The highest BCUT2D eigenvalue weighted by molar-refractivity contribution is 5.86. The number of rotatable bonds is 4. The third-order valence-corrected chi connectivity index (χ3v) is 4.78. The maximum absolute atomic E-state index is 11.0. The highest BCUT2D eigenvalue weighted by Gasteiger charge is 2.23. The number of fused-ring (bicyclic) bond motifs is 2. The minimum atomic E-state index is -0.351. The summed E-state index contributed by atoms with van der Waals surface area (Å²) in [6.45, 7) is 0.211. The summed E-state index contributed by atoms with van der Waals surface area (Å²) in [4.78, 5) is 8.71. The number of hydrogen-bond acceptors (Lipinski definition) is 6. The summed E-state index contributed by atoms with van der Waals surface area (Å²) in [5.74, 6) is 2.24. The van der Waals surface area contributed by atoms with Crippen molar-refractivity contribution in [2.75, 3.05) is 12.1 Å². The van der Waals surface area contributed by atoms with Gasteiger partial charge < -0.3 is 19.9 Å². The van der Waals surface area contributed by atoms with Crippen molar-refractivity contribution in [3.8, 4) is 17.2 Å². The molecule has 2 aromatic carbocycles. The molecule has 3 heterocycles. The molecule has 4 aromatic rings. The first-order valence-corrected chi connectivity index (χ1v) is 8.93. The van der Waals surface area contributed by atoms with E-state index in [-0.39, 0.29) is 18.6 Å². The van der Waals surface area contributed by atoms with Crippen molar-refractivity contribution in [3.05, 3.63) is 84.2 Å². The Bertz CT molecular complexity index is 1150. The number of nitrogens with one attached hydrogen (secondary N) is 1. The predicted molar refractivity (Wildman–Crippen MR) is 106 cm³/mol. The third kappa shape index (κ3) is 2.85. The maximum atomic E-state index is 11.0. The zero-order valence-corrected chi connectivity index (χ0v) is 14.9. The van der Waals surface area contributed by atoms with Gasteiger partial charge in [-0.2, -0.15) is 0 Å². The maximum Gasteiger partial charge on any atom is 0.231 e. The van der Waals surface area contributed by atoms with Gasteiger partial charge in [-0.15, -0.1) is 0 Å². The van der Waals surface area contributed by atoms with Crippen LogP contribution in [0.15, 0.2) is 73.1 Å². The second-order valence-corrected chi connectivity index (χ2v) is 6.48. The molecule has 1 atom stereocenters. The average molecular weight is 371 g/mol. The Labute approximate surface area is 161 Å². The average Bonchev–Trinajstić information content (AvgIpc) is 3.21. The Kier molecular flexibility index (Phi) is 3.94. The first-order valence-electron chi connectivity index (χ1n) is 8.93. The summed E-state index contributed by atoms with van der Waals surface area (Å²) in [7, 11) is 0. The molecule has 138 valence electrons. The van der Waals surface area contributed by atoms with Crippen LogP contribution in [0.3, 0.4) is 0 Å². The van der Waals surface area contributed by atoms with Crippen LogP contribution >= 0.6 is 0 Å². The van der Waals surface area contributed by atoms with Crippen molar-refractivity contribution >= 4 is 16.7 Å². The number of aromatic hydroxyl groups is 1. The zero-order chi connectivity index (χ0) is 18.9. The number of benzene rings is 2. The van der Waals surface area contributed by atoms with Crippen molar-refractivity contribution in [3.63, 3.8) is 0 Å². The second kappa shape index (κ2) is 6.74. The van der Waals surface area contributed by atoms with Crippen LogP contribution in [0.4, 0.5) is 5.82 Å². The van der Waals surface area contributed by atoms with Crippen molar-refractivity contribution in [2.24, 2.45) is 0 Å². The van der Waals surface area contributed by atoms with Gasteiger partial charge in [0.1, 0.15) is 17.1 Å². The van der Waals surface area contributed by atoms with E-state index in [9.17, 15) is 5.11 Å². The standard InChI is InChI=1S/C22H17N3O3/c26-22-16(8-6-14-4-3-11-24-21(14)22)20(25-19-5-1-2-10-23-19)15-7-9-17-18(12-15)28-13-27-17/h1-12,20,26H,13H2,(H,23,25)/t20-/m1/s1. The monoisotopic (exact) mass is 371 g/mol. The number of anilines is 1. The minimum absolute atomic E-state index is 0.143. The molecule has 5 rings (SSSR count). The van der Waals surface area contributed by atoms with E-state index < -0.39 is 0 Å². The van der Waals surface area contributed by atoms with Gasteiger partial charge in [-0.25, -0.2) is 4.98 Å². The molecule has 0 amide bonds. The Morgan fingerprint density at radius 2 is 1.79 bits per heavy atom. The highest BCUT2D eigenvalue weighted by atomic mass is 16.7. The fourth-order valence-electron chi connectivity index (χ4n) is 3.41. The molecule has 0 saturated carbocycles. The van der Waals surface area contributed by atoms with Crippen LogP contribution in [0.2, 0.25) is 0 Å². The van der Waals surface area contributed by atoms with Crippen molar-refractivity contribution in [1.82, 2.24) is 9.97 Å². The molecule has 0 fully saturated rings. The van der Waals surface area contributed by atoms with E-state index >= 15 is 0 Å². The van der Waals surface area contributed by atoms with E-state index in [0.717, 1.165) is 10.9 Å². The fraction of sp³-hybridized carbons (Fsp3) is 0.0909. The van der Waals surface area contributed by atoms with Gasteiger partial charge in [-0.05, 0) is 35.9 Å². The van der Waals surface area contributed by atoms with Crippen LogP contribution in [0, 0.1) is 0 Å². The van der Waals surface area contributed by atoms with Crippen molar-refractivity contribution in [1.29, 1.82) is 0 Å². The van der Waals surface area contributed by atoms with Gasteiger partial charge in [-0.3, -0.25) is 4.98 Å². The summed E-state index contributed by atoms with van der Waals surface area (Å²) in [6.07, 6.45) is 3.40. The summed E-state index contributed by atoms with van der Waals surface area (Å²) in [5.41, 5.74) is 2.18. The number of pyridine rings is 2. The normalized spacial score (nSPS) is 13.4. The van der Waals surface area contributed by atoms with Gasteiger partial charge in [0, 0.05) is 23.3 Å². The van der Waals surface area contributed by atoms with Crippen LogP contribution < -0.4 is 14.8 Å². The Morgan fingerprint density at radius 3 is 2.68 bits per heavy atom. The van der Waals surface area contributed by atoms with Crippen LogP contribution in [0.1, 0.15) is 17.2 Å². The van der Waals surface area contributed by atoms with E-state index in [1.807, 2.05) is 60.7 Å². The predicted octanol–water partition coefficient (Wildman–Crippen LogP) is 4.27. The lowest BCUT2D eigenvalue weighted by molar-refractivity contribution is 0.174. The van der Waals surface area contributed by atoms with Crippen molar-refractivity contribution < 1.29 is 14.6 Å². The lowest BCUT2D eigenvalue weighted by atomic mass is 9.96. The van der Waals surface area contributed by atoms with Crippen LogP contribution in [-0.4, -0.2) is 21.9 Å². The Balaban J connectivity index is 1.65. The molecule has 0 saturated heterocycles. The molecule has 0 aliphatic carbocycles. The molecule has 1 aliphatic heterocycles. The van der Waals surface area contributed by atoms with Gasteiger partial charge in [-0.1, -0.05) is 30.3 Å². The lowest BCUT2D eigenvalue weighted by Crippen LogP contribution is -2.13. The van der Waals surface area contributed by atoms with Gasteiger partial charge >= 0.3 is 0 Å². The Morgan fingerprint density at radius 1 is 0.893 bits per heavy atom. The van der Waals surface area contributed by atoms with Crippen LogP contribution in [0.5, 0.6) is 17.2 Å². The van der Waals surface area contributed by atoms with Gasteiger partial charge in [0.25, 0.3) is 0 Å². The molecular weight excluding hydrogens is 354 g/mol. The first kappa shape index (κ1) is 16.4. The molecule has 1 aliphatic rings. The second-order valence-electron chi connectivity index (χ2n) is 6.48. The molecular formula is C22H17N3O3. The minimum Gasteiger partial charge on any atom is -0.505 e. The van der Waals surface area contributed by atoms with E-state index in [0.29, 0.717) is 28.4 Å². The summed E-state index contributed by atoms with van der Waals surface area (Å²) in [5, 5.41) is 15.3. The molecule has 6 heteroatoms. The Hall–Kier alpha value is -3.80. The van der Waals surface area contributed by atoms with Crippen molar-refractivity contribution in [2.45, 2.75) is 6.04 Å². The molecule has 28 heavy (non-hydrogen) atoms. The molecule has 6 nitrogen and oxygen atoms in total. The number of hydrogen-bond donors (Lipinski definition) is 2. The molecule has 0 spiro atoms. The SMILES string of the molecule is Oc1c([C@H](Nc2ccccn2)c2ccc3c(c2)OCO3)ccc2cccnc12. The quantitative estimate of drug-likeness (QED) is 0.558. The third-order valence-electron chi connectivity index (χ3n) is 4.78. The van der Waals surface area contributed by atoms with Crippen LogP contribution in [0.25, 0.3) is 10.9 Å². The first-order chi connectivity index (χ1) is 13.8. The number of aromatic nitrogens is 2. The number of phenols is 1. The van der Waals surface area contributed by atoms with Gasteiger partial charge in [0.05, 0.1) is 6.04 Å². The molecule has 2 aromatic heterocycles. The van der Waals surface area contributed by atoms with Gasteiger partial charge in [0.15, 0.2) is 11.5 Å². The van der Waals surface area contributed by atoms with E-state index in [1.165, 1.54) is 0 Å². The summed E-state index contributed by atoms with van der Waals surface area (Å²) >= 11 is 0. The molecule has 2 N–H and O–H groups in total. The topological polar surface area (TPSA) is 76.5 Å². The molecule has 0 bridgehead atoms. The van der Waals surface area contributed by atoms with Gasteiger partial charge in [0.2, 0.25) is 6.79 Å². The smallest absolute Gasteiger partial charge is 0.231 e. The van der Waals surface area contributed by atoms with E-state index in [4.69, 9.17) is 9.47 Å². The highest BCUT2D eigenvalue weighted by Crippen LogP contribution is 2.40. The van der Waals surface area contributed by atoms with Crippen LogP contribution in [-0.2, 0) is 0 Å². The number of nitrogens with zero attached hydrogens (tertiary/aromatic N) is 2. The summed E-state index contributed by atoms with van der Waals surface area (Å²) < 4.78 is 11.0. The zero-order valence-electron chi connectivity index (χ0n) is 14.9. The summed E-state index contributed by atoms with van der Waals surface area (Å²) in [6, 6.07) is 18.7. The van der Waals surface area contributed by atoms with E-state index in [1.54, 1.807) is 12.4 Å². The fourth-order valence-corrected chi connectivity index (χ4v) is 3.41.